The van der Waals surface area contributed by atoms with Crippen molar-refractivity contribution in [3.05, 3.63) is 30.1 Å². The predicted octanol–water partition coefficient (Wildman–Crippen LogP) is 1.36. The van der Waals surface area contributed by atoms with E-state index < -0.39 is 11.9 Å². The largest absolute Gasteiger partial charge is 0.446 e. The highest BCUT2D eigenvalue weighted by atomic mass is 19.1. The van der Waals surface area contributed by atoms with Crippen molar-refractivity contribution < 1.29 is 18.7 Å². The first-order chi connectivity index (χ1) is 8.74. The number of benzene rings is 1. The second-order valence-electron chi connectivity index (χ2n) is 3.93. The van der Waals surface area contributed by atoms with Gasteiger partial charge in [-0.2, -0.15) is 0 Å². The number of carbonyl (C=O) groups excluding carboxylic acids is 1. The summed E-state index contributed by atoms with van der Waals surface area (Å²) in [6.07, 6.45) is -0.744. The second kappa shape index (κ2) is 6.32. The lowest BCUT2D eigenvalue weighted by Crippen LogP contribution is -2.41. The molecule has 0 spiro atoms. The predicted molar refractivity (Wildman–Crippen MR) is 64.0 cm³/mol. The summed E-state index contributed by atoms with van der Waals surface area (Å²) in [5.74, 6) is -0.410. The van der Waals surface area contributed by atoms with Crippen LogP contribution in [-0.2, 0) is 9.47 Å². The molecule has 1 heterocycles. The molecule has 1 aromatic rings. The zero-order chi connectivity index (χ0) is 12.8. The lowest BCUT2D eigenvalue weighted by molar-refractivity contribution is -0.00984. The molecule has 1 atom stereocenters. The van der Waals surface area contributed by atoms with Gasteiger partial charge in [0.15, 0.2) is 0 Å². The van der Waals surface area contributed by atoms with Gasteiger partial charge in [-0.25, -0.2) is 9.18 Å². The van der Waals surface area contributed by atoms with E-state index in [0.29, 0.717) is 18.8 Å². The first-order valence-electron chi connectivity index (χ1n) is 5.76. The molecule has 0 bridgehead atoms. The highest BCUT2D eigenvalue weighted by Gasteiger charge is 2.15. The van der Waals surface area contributed by atoms with Crippen molar-refractivity contribution in [2.45, 2.75) is 6.10 Å². The fourth-order valence-electron chi connectivity index (χ4n) is 1.62. The van der Waals surface area contributed by atoms with Gasteiger partial charge in [-0.15, -0.1) is 0 Å². The molecular weight excluding hydrogens is 239 g/mol. The van der Waals surface area contributed by atoms with Crippen LogP contribution in [-0.4, -0.2) is 38.5 Å². The van der Waals surface area contributed by atoms with Crippen LogP contribution in [0.25, 0.3) is 0 Å². The molecule has 0 radical (unpaired) electrons. The molecule has 1 amide bonds. The number of nitrogens with one attached hydrogen (secondary N) is 2. The zero-order valence-electron chi connectivity index (χ0n) is 9.82. The van der Waals surface area contributed by atoms with Crippen molar-refractivity contribution in [1.82, 2.24) is 5.32 Å². The number of anilines is 1. The smallest absolute Gasteiger partial charge is 0.411 e. The molecule has 1 aliphatic heterocycles. The molecule has 6 heteroatoms. The van der Waals surface area contributed by atoms with E-state index in [0.717, 1.165) is 6.54 Å². The molecule has 1 unspecified atom stereocenters. The third kappa shape index (κ3) is 3.97. The Kier molecular flexibility index (Phi) is 4.49. The van der Waals surface area contributed by atoms with Crippen LogP contribution in [0.1, 0.15) is 0 Å². The van der Waals surface area contributed by atoms with Crippen molar-refractivity contribution in [3.8, 4) is 0 Å². The van der Waals surface area contributed by atoms with Crippen LogP contribution >= 0.6 is 0 Å². The Labute approximate surface area is 104 Å². The van der Waals surface area contributed by atoms with E-state index in [1.807, 2.05) is 0 Å². The highest BCUT2D eigenvalue weighted by Crippen LogP contribution is 2.09. The molecule has 2 N–H and O–H groups in total. The first kappa shape index (κ1) is 12.8. The van der Waals surface area contributed by atoms with Crippen molar-refractivity contribution in [2.75, 3.05) is 31.6 Å². The van der Waals surface area contributed by atoms with Gasteiger partial charge in [0.1, 0.15) is 18.5 Å². The van der Waals surface area contributed by atoms with Gasteiger partial charge in [0.05, 0.1) is 6.61 Å². The number of carbonyl (C=O) groups is 1. The molecule has 18 heavy (non-hydrogen) atoms. The minimum atomic E-state index is -0.616. The van der Waals surface area contributed by atoms with E-state index in [2.05, 4.69) is 10.6 Å². The zero-order valence-corrected chi connectivity index (χ0v) is 9.82. The van der Waals surface area contributed by atoms with Crippen LogP contribution in [0.5, 0.6) is 0 Å². The molecule has 0 saturated carbocycles. The van der Waals surface area contributed by atoms with Gasteiger partial charge in [-0.3, -0.25) is 5.32 Å². The Hall–Kier alpha value is -1.66. The lowest BCUT2D eigenvalue weighted by atomic mass is 10.3. The van der Waals surface area contributed by atoms with E-state index in [1.165, 1.54) is 18.2 Å². The number of hydrogen-bond acceptors (Lipinski definition) is 4. The minimum absolute atomic E-state index is 0.128. The molecule has 0 aromatic heterocycles. The summed E-state index contributed by atoms with van der Waals surface area (Å²) in [7, 11) is 0. The van der Waals surface area contributed by atoms with Crippen molar-refractivity contribution in [1.29, 1.82) is 0 Å². The van der Waals surface area contributed by atoms with Crippen molar-refractivity contribution in [2.24, 2.45) is 0 Å². The monoisotopic (exact) mass is 254 g/mol. The Morgan fingerprint density at radius 2 is 2.50 bits per heavy atom. The molecule has 1 aromatic carbocycles. The maximum absolute atomic E-state index is 12.9. The minimum Gasteiger partial charge on any atom is -0.446 e. The Morgan fingerprint density at radius 3 is 3.22 bits per heavy atom. The molecule has 0 aliphatic carbocycles. The normalized spacial score (nSPS) is 19.3. The van der Waals surface area contributed by atoms with Crippen LogP contribution in [0.4, 0.5) is 14.9 Å². The van der Waals surface area contributed by atoms with Gasteiger partial charge < -0.3 is 14.8 Å². The average Bonchev–Trinajstić information content (AvgIpc) is 2.38. The summed E-state index contributed by atoms with van der Waals surface area (Å²) in [5, 5.41) is 5.57. The number of ether oxygens (including phenoxy) is 2. The summed E-state index contributed by atoms with van der Waals surface area (Å²) in [5.41, 5.74) is 0.364. The Balaban J connectivity index is 1.74. The van der Waals surface area contributed by atoms with Crippen LogP contribution in [0, 0.1) is 5.82 Å². The molecule has 2 rings (SSSR count). The van der Waals surface area contributed by atoms with E-state index in [4.69, 9.17) is 9.47 Å². The molecule has 1 fully saturated rings. The Bertz CT molecular complexity index is 408. The molecule has 98 valence electrons. The number of hydrogen-bond donors (Lipinski definition) is 2. The van der Waals surface area contributed by atoms with Gasteiger partial charge in [-0.05, 0) is 18.2 Å². The molecule has 1 saturated heterocycles. The average molecular weight is 254 g/mol. The maximum atomic E-state index is 12.9. The van der Waals surface area contributed by atoms with E-state index >= 15 is 0 Å². The number of halogens is 1. The molecule has 1 aliphatic rings. The van der Waals surface area contributed by atoms with Gasteiger partial charge in [0, 0.05) is 18.8 Å². The standard InChI is InChI=1S/C12H15FN2O3/c13-9-2-1-3-10(6-9)15-12(16)18-8-11-7-14-4-5-17-11/h1-3,6,11,14H,4-5,7-8H2,(H,15,16). The number of morpholine rings is 1. The van der Waals surface area contributed by atoms with E-state index in [9.17, 15) is 9.18 Å². The van der Waals surface area contributed by atoms with Crippen molar-refractivity contribution >= 4 is 11.8 Å². The quantitative estimate of drug-likeness (QED) is 0.855. The molecule has 5 nitrogen and oxygen atoms in total. The van der Waals surface area contributed by atoms with Crippen LogP contribution < -0.4 is 10.6 Å². The second-order valence-corrected chi connectivity index (χ2v) is 3.93. The van der Waals surface area contributed by atoms with Gasteiger partial charge in [-0.1, -0.05) is 6.07 Å². The topological polar surface area (TPSA) is 59.6 Å². The van der Waals surface area contributed by atoms with Crippen LogP contribution in [0.2, 0.25) is 0 Å². The number of amides is 1. The summed E-state index contributed by atoms with van der Waals surface area (Å²) >= 11 is 0. The van der Waals surface area contributed by atoms with Gasteiger partial charge in [0.2, 0.25) is 0 Å². The summed E-state index contributed by atoms with van der Waals surface area (Å²) in [6, 6.07) is 5.63. The van der Waals surface area contributed by atoms with Gasteiger partial charge >= 0.3 is 6.09 Å². The molecular formula is C12H15FN2O3. The third-order valence-corrected chi connectivity index (χ3v) is 2.48. The fraction of sp³-hybridized carbons (Fsp3) is 0.417. The van der Waals surface area contributed by atoms with E-state index in [-0.39, 0.29) is 12.7 Å². The highest BCUT2D eigenvalue weighted by molar-refractivity contribution is 5.84. The van der Waals surface area contributed by atoms with Crippen molar-refractivity contribution in [3.63, 3.8) is 0 Å². The summed E-state index contributed by atoms with van der Waals surface area (Å²) in [4.78, 5) is 11.4. The maximum Gasteiger partial charge on any atom is 0.411 e. The summed E-state index contributed by atoms with van der Waals surface area (Å²) < 4.78 is 23.2. The first-order valence-corrected chi connectivity index (χ1v) is 5.76. The van der Waals surface area contributed by atoms with Crippen LogP contribution in [0.15, 0.2) is 24.3 Å². The fourth-order valence-corrected chi connectivity index (χ4v) is 1.62. The number of rotatable bonds is 3. The third-order valence-electron chi connectivity index (χ3n) is 2.48. The van der Waals surface area contributed by atoms with Gasteiger partial charge in [0.25, 0.3) is 0 Å². The lowest BCUT2D eigenvalue weighted by Gasteiger charge is -2.23. The Morgan fingerprint density at radius 1 is 1.61 bits per heavy atom. The summed E-state index contributed by atoms with van der Waals surface area (Å²) in [6.45, 7) is 2.26. The van der Waals surface area contributed by atoms with Crippen LogP contribution in [0.3, 0.4) is 0 Å². The van der Waals surface area contributed by atoms with E-state index in [1.54, 1.807) is 6.07 Å². The SMILES string of the molecule is O=C(Nc1cccc(F)c1)OCC1CNCCO1.